The number of hydrogen-bond acceptors (Lipinski definition) is 4. The molecule has 0 radical (unpaired) electrons. The molecule has 0 aliphatic carbocycles. The molecule has 1 aliphatic rings. The summed E-state index contributed by atoms with van der Waals surface area (Å²) in [6, 6.07) is 0. The highest BCUT2D eigenvalue weighted by molar-refractivity contribution is 5.75. The molecule has 6 nitrogen and oxygen atoms in total. The zero-order chi connectivity index (χ0) is 13.2. The number of likely N-dealkylation sites (tertiary alicyclic amines) is 1. The number of carboxylic acids is 1. The largest absolute Gasteiger partial charge is 0.481 e. The molecule has 0 bridgehead atoms. The Kier molecular flexibility index (Phi) is 3.98. The number of amides is 1. The zero-order valence-electron chi connectivity index (χ0n) is 10.6. The number of carbonyl (C=O) groups is 2. The fourth-order valence-corrected chi connectivity index (χ4v) is 1.73. The van der Waals surface area contributed by atoms with Gasteiger partial charge in [-0.05, 0) is 20.8 Å². The predicted molar refractivity (Wildman–Crippen MR) is 59.7 cm³/mol. The van der Waals surface area contributed by atoms with E-state index in [1.165, 1.54) is 12.0 Å². The molecule has 1 saturated heterocycles. The maximum absolute atomic E-state index is 11.7. The number of aliphatic carboxylic acids is 1. The van der Waals surface area contributed by atoms with E-state index in [1.807, 2.05) is 0 Å². The molecule has 1 amide bonds. The Hall–Kier alpha value is -1.30. The van der Waals surface area contributed by atoms with Gasteiger partial charge in [-0.2, -0.15) is 0 Å². The Labute approximate surface area is 100 Å². The molecule has 0 unspecified atom stereocenters. The Bertz CT molecular complexity index is 309. The van der Waals surface area contributed by atoms with E-state index in [9.17, 15) is 9.59 Å². The second-order valence-electron chi connectivity index (χ2n) is 5.10. The van der Waals surface area contributed by atoms with Crippen molar-refractivity contribution in [3.63, 3.8) is 0 Å². The highest BCUT2D eigenvalue weighted by Gasteiger charge is 2.41. The van der Waals surface area contributed by atoms with Crippen molar-refractivity contribution in [3.8, 4) is 0 Å². The van der Waals surface area contributed by atoms with Crippen molar-refractivity contribution < 1.29 is 24.2 Å². The maximum atomic E-state index is 11.7. The molecule has 1 rings (SSSR count). The number of carboxylic acid groups (broad SMARTS) is 1. The van der Waals surface area contributed by atoms with Gasteiger partial charge in [0.1, 0.15) is 11.5 Å². The van der Waals surface area contributed by atoms with E-state index in [4.69, 9.17) is 14.6 Å². The number of carbonyl (C=O) groups excluding carboxylic acids is 1. The summed E-state index contributed by atoms with van der Waals surface area (Å²) in [6.45, 7) is 5.68. The SMILES string of the molecule is CO[C@@H]1CN(C(=O)OC(C)(C)C)C[C@H]1C(=O)O. The van der Waals surface area contributed by atoms with Crippen LogP contribution in [0.1, 0.15) is 20.8 Å². The molecular formula is C11H19NO5. The summed E-state index contributed by atoms with van der Waals surface area (Å²) in [5.74, 6) is -1.64. The summed E-state index contributed by atoms with van der Waals surface area (Å²) in [4.78, 5) is 24.1. The van der Waals surface area contributed by atoms with Gasteiger partial charge in [-0.3, -0.25) is 4.79 Å². The summed E-state index contributed by atoms with van der Waals surface area (Å²) in [5.41, 5.74) is -0.582. The molecule has 98 valence electrons. The Balaban J connectivity index is 2.64. The van der Waals surface area contributed by atoms with Crippen LogP contribution in [0.15, 0.2) is 0 Å². The van der Waals surface area contributed by atoms with E-state index >= 15 is 0 Å². The van der Waals surface area contributed by atoms with E-state index < -0.39 is 29.7 Å². The molecule has 1 fully saturated rings. The smallest absolute Gasteiger partial charge is 0.410 e. The van der Waals surface area contributed by atoms with Crippen LogP contribution in [0.2, 0.25) is 0 Å². The molecule has 0 aromatic carbocycles. The van der Waals surface area contributed by atoms with Gasteiger partial charge in [-0.15, -0.1) is 0 Å². The second kappa shape index (κ2) is 4.91. The van der Waals surface area contributed by atoms with Crippen LogP contribution < -0.4 is 0 Å². The Morgan fingerprint density at radius 2 is 1.88 bits per heavy atom. The van der Waals surface area contributed by atoms with Crippen LogP contribution in [0.4, 0.5) is 4.79 Å². The maximum Gasteiger partial charge on any atom is 0.410 e. The zero-order valence-corrected chi connectivity index (χ0v) is 10.6. The van der Waals surface area contributed by atoms with Gasteiger partial charge in [0.2, 0.25) is 0 Å². The van der Waals surface area contributed by atoms with Crippen molar-refractivity contribution in [2.45, 2.75) is 32.5 Å². The third-order valence-electron chi connectivity index (χ3n) is 2.54. The van der Waals surface area contributed by atoms with Crippen LogP contribution >= 0.6 is 0 Å². The number of rotatable bonds is 2. The van der Waals surface area contributed by atoms with Crippen molar-refractivity contribution in [1.82, 2.24) is 4.90 Å². The van der Waals surface area contributed by atoms with Gasteiger partial charge in [-0.1, -0.05) is 0 Å². The van der Waals surface area contributed by atoms with Crippen LogP contribution in [-0.2, 0) is 14.3 Å². The van der Waals surface area contributed by atoms with Gasteiger partial charge in [0, 0.05) is 13.7 Å². The first-order valence-corrected chi connectivity index (χ1v) is 5.48. The third-order valence-corrected chi connectivity index (χ3v) is 2.54. The lowest BCUT2D eigenvalue weighted by atomic mass is 10.1. The summed E-state index contributed by atoms with van der Waals surface area (Å²) in [6.07, 6.45) is -0.969. The Morgan fingerprint density at radius 1 is 1.29 bits per heavy atom. The van der Waals surface area contributed by atoms with E-state index in [0.29, 0.717) is 0 Å². The Morgan fingerprint density at radius 3 is 2.24 bits per heavy atom. The van der Waals surface area contributed by atoms with Gasteiger partial charge < -0.3 is 19.5 Å². The fourth-order valence-electron chi connectivity index (χ4n) is 1.73. The summed E-state index contributed by atoms with van der Waals surface area (Å²) < 4.78 is 10.2. The van der Waals surface area contributed by atoms with E-state index in [1.54, 1.807) is 20.8 Å². The topological polar surface area (TPSA) is 76.1 Å². The first kappa shape index (κ1) is 13.8. The standard InChI is InChI=1S/C11H19NO5/c1-11(2,3)17-10(15)12-5-7(9(13)14)8(6-12)16-4/h7-8H,5-6H2,1-4H3,(H,13,14)/t7-,8-/m1/s1. The van der Waals surface area contributed by atoms with Crippen LogP contribution in [0, 0.1) is 5.92 Å². The highest BCUT2D eigenvalue weighted by atomic mass is 16.6. The number of nitrogens with zero attached hydrogens (tertiary/aromatic N) is 1. The van der Waals surface area contributed by atoms with Crippen molar-refractivity contribution in [3.05, 3.63) is 0 Å². The molecular weight excluding hydrogens is 226 g/mol. The second-order valence-corrected chi connectivity index (χ2v) is 5.10. The minimum absolute atomic E-state index is 0.128. The minimum Gasteiger partial charge on any atom is -0.481 e. The molecule has 6 heteroatoms. The van der Waals surface area contributed by atoms with Crippen LogP contribution in [0.5, 0.6) is 0 Å². The van der Waals surface area contributed by atoms with Crippen molar-refractivity contribution in [2.75, 3.05) is 20.2 Å². The lowest BCUT2D eigenvalue weighted by Gasteiger charge is -2.24. The van der Waals surface area contributed by atoms with E-state index in [2.05, 4.69) is 0 Å². The fraction of sp³-hybridized carbons (Fsp3) is 0.818. The predicted octanol–water partition coefficient (Wildman–Crippen LogP) is 0.953. The van der Waals surface area contributed by atoms with Crippen LogP contribution in [-0.4, -0.2) is 54.0 Å². The van der Waals surface area contributed by atoms with Gasteiger partial charge in [0.05, 0.1) is 12.6 Å². The van der Waals surface area contributed by atoms with Crippen molar-refractivity contribution in [1.29, 1.82) is 0 Å². The minimum atomic E-state index is -0.956. The van der Waals surface area contributed by atoms with Gasteiger partial charge in [0.15, 0.2) is 0 Å². The lowest BCUT2D eigenvalue weighted by molar-refractivity contribution is -0.144. The first-order chi connectivity index (χ1) is 7.74. The quantitative estimate of drug-likeness (QED) is 0.784. The molecule has 1 N–H and O–H groups in total. The van der Waals surface area contributed by atoms with Crippen LogP contribution in [0.3, 0.4) is 0 Å². The number of ether oxygens (including phenoxy) is 2. The molecule has 0 aromatic heterocycles. The van der Waals surface area contributed by atoms with E-state index in [-0.39, 0.29) is 13.1 Å². The normalized spacial score (nSPS) is 24.8. The summed E-state index contributed by atoms with van der Waals surface area (Å²) >= 11 is 0. The molecule has 0 aromatic rings. The van der Waals surface area contributed by atoms with Crippen molar-refractivity contribution >= 4 is 12.1 Å². The summed E-state index contributed by atoms with van der Waals surface area (Å²) in [7, 11) is 1.44. The van der Waals surface area contributed by atoms with Gasteiger partial charge in [0.25, 0.3) is 0 Å². The molecule has 2 atom stereocenters. The van der Waals surface area contributed by atoms with Crippen molar-refractivity contribution in [2.24, 2.45) is 5.92 Å². The number of hydrogen-bond donors (Lipinski definition) is 1. The monoisotopic (exact) mass is 245 g/mol. The molecule has 1 aliphatic heterocycles. The van der Waals surface area contributed by atoms with E-state index in [0.717, 1.165) is 0 Å². The molecule has 0 saturated carbocycles. The first-order valence-electron chi connectivity index (χ1n) is 5.48. The molecule has 1 heterocycles. The summed E-state index contributed by atoms with van der Waals surface area (Å²) in [5, 5.41) is 8.99. The van der Waals surface area contributed by atoms with Crippen LogP contribution in [0.25, 0.3) is 0 Å². The number of methoxy groups -OCH3 is 1. The lowest BCUT2D eigenvalue weighted by Crippen LogP contribution is -2.36. The highest BCUT2D eigenvalue weighted by Crippen LogP contribution is 2.22. The third kappa shape index (κ3) is 3.59. The molecule has 0 spiro atoms. The molecule has 17 heavy (non-hydrogen) atoms. The average Bonchev–Trinajstić information content (AvgIpc) is 2.58. The van der Waals surface area contributed by atoms with Gasteiger partial charge >= 0.3 is 12.1 Å². The van der Waals surface area contributed by atoms with Gasteiger partial charge in [-0.25, -0.2) is 4.79 Å². The average molecular weight is 245 g/mol.